The first-order chi connectivity index (χ1) is 15.0. The summed E-state index contributed by atoms with van der Waals surface area (Å²) in [6.07, 6.45) is 1.74. The van der Waals surface area contributed by atoms with Gasteiger partial charge in [-0.3, -0.25) is 14.5 Å². The molecule has 2 aliphatic rings. The predicted molar refractivity (Wildman–Crippen MR) is 120 cm³/mol. The molecule has 0 saturated carbocycles. The fraction of sp³-hybridized carbons (Fsp3) is 0.130. The number of amides is 2. The van der Waals surface area contributed by atoms with Crippen LogP contribution >= 0.6 is 23.4 Å². The molecule has 0 bridgehead atoms. The Kier molecular flexibility index (Phi) is 5.00. The molecule has 1 saturated heterocycles. The number of carbonyl (C=O) groups is 2. The minimum absolute atomic E-state index is 0.0564. The molecule has 2 aliphatic heterocycles. The summed E-state index contributed by atoms with van der Waals surface area (Å²) in [5, 5.41) is 1.94. The zero-order valence-electron chi connectivity index (χ0n) is 16.4. The second-order valence-corrected chi connectivity index (χ2v) is 8.37. The van der Waals surface area contributed by atoms with Gasteiger partial charge in [-0.25, -0.2) is 0 Å². The second kappa shape index (κ2) is 7.83. The minimum atomic E-state index is -0.358. The molecule has 0 N–H and O–H groups in total. The Morgan fingerprint density at radius 2 is 1.84 bits per heavy atom. The van der Waals surface area contributed by atoms with E-state index in [1.54, 1.807) is 25.3 Å². The summed E-state index contributed by atoms with van der Waals surface area (Å²) in [5.74, 6) is 1.49. The van der Waals surface area contributed by atoms with Crippen LogP contribution in [0.5, 0.6) is 17.2 Å². The Bertz CT molecular complexity index is 1270. The first-order valence-corrected chi connectivity index (χ1v) is 10.6. The molecule has 3 aromatic carbocycles. The number of methoxy groups -OCH3 is 1. The quantitative estimate of drug-likeness (QED) is 0.488. The van der Waals surface area contributed by atoms with Crippen LogP contribution in [0.4, 0.5) is 4.79 Å². The highest BCUT2D eigenvalue weighted by Gasteiger charge is 2.36. The number of rotatable bonds is 4. The molecule has 156 valence electrons. The molecule has 0 spiro atoms. The van der Waals surface area contributed by atoms with Crippen molar-refractivity contribution in [2.24, 2.45) is 0 Å². The number of carbonyl (C=O) groups excluding carboxylic acids is 2. The van der Waals surface area contributed by atoms with Crippen molar-refractivity contribution in [3.63, 3.8) is 0 Å². The molecule has 31 heavy (non-hydrogen) atoms. The molecule has 0 aromatic heterocycles. The van der Waals surface area contributed by atoms with Gasteiger partial charge in [0.2, 0.25) is 6.79 Å². The highest BCUT2D eigenvalue weighted by Crippen LogP contribution is 2.40. The molecule has 1 fully saturated rings. The number of ether oxygens (including phenoxy) is 3. The van der Waals surface area contributed by atoms with Gasteiger partial charge >= 0.3 is 0 Å². The largest absolute Gasteiger partial charge is 0.496 e. The van der Waals surface area contributed by atoms with Gasteiger partial charge in [-0.15, -0.1) is 0 Å². The number of halogens is 1. The standard InChI is InChI=1S/C23H16ClNO5S/c1-28-18-7-6-13(15-4-2-3-5-16(15)18)9-21-22(26)25(23(27)31-21)11-14-8-19-20(10-17(14)24)30-12-29-19/h2-10H,11-12H2,1H3/b21-9+. The van der Waals surface area contributed by atoms with Crippen LogP contribution < -0.4 is 14.2 Å². The SMILES string of the molecule is COc1ccc(/C=C2/SC(=O)N(Cc3cc4c(cc3Cl)OCO4)C2=O)c2ccccc12. The number of benzene rings is 3. The average molecular weight is 454 g/mol. The highest BCUT2D eigenvalue weighted by atomic mass is 35.5. The normalized spacial score (nSPS) is 16.6. The molecular formula is C23H16ClNO5S. The lowest BCUT2D eigenvalue weighted by Gasteiger charge is -2.14. The van der Waals surface area contributed by atoms with E-state index >= 15 is 0 Å². The summed E-state index contributed by atoms with van der Waals surface area (Å²) >= 11 is 7.24. The van der Waals surface area contributed by atoms with E-state index in [0.717, 1.165) is 33.8 Å². The smallest absolute Gasteiger partial charge is 0.293 e. The number of thioether (sulfide) groups is 1. The van der Waals surface area contributed by atoms with E-state index in [9.17, 15) is 9.59 Å². The van der Waals surface area contributed by atoms with Crippen LogP contribution in [0, 0.1) is 0 Å². The number of hydrogen-bond donors (Lipinski definition) is 0. The topological polar surface area (TPSA) is 65.1 Å². The highest BCUT2D eigenvalue weighted by molar-refractivity contribution is 8.18. The van der Waals surface area contributed by atoms with Gasteiger partial charge in [-0.05, 0) is 46.5 Å². The van der Waals surface area contributed by atoms with E-state index in [4.69, 9.17) is 25.8 Å². The zero-order chi connectivity index (χ0) is 21.5. The van der Waals surface area contributed by atoms with E-state index in [0.29, 0.717) is 27.0 Å². The molecule has 0 radical (unpaired) electrons. The molecule has 2 amide bonds. The lowest BCUT2D eigenvalue weighted by molar-refractivity contribution is -0.123. The molecule has 0 aliphatic carbocycles. The molecule has 0 atom stereocenters. The van der Waals surface area contributed by atoms with Crippen LogP contribution in [-0.4, -0.2) is 29.9 Å². The maximum absolute atomic E-state index is 13.0. The Morgan fingerprint density at radius 1 is 1.10 bits per heavy atom. The van der Waals surface area contributed by atoms with Crippen molar-refractivity contribution in [3.8, 4) is 17.2 Å². The second-order valence-electron chi connectivity index (χ2n) is 6.97. The van der Waals surface area contributed by atoms with Crippen molar-refractivity contribution in [2.45, 2.75) is 6.54 Å². The Labute approximate surface area is 187 Å². The zero-order valence-corrected chi connectivity index (χ0v) is 18.0. The summed E-state index contributed by atoms with van der Waals surface area (Å²) < 4.78 is 16.1. The van der Waals surface area contributed by atoms with E-state index in [1.807, 2.05) is 36.4 Å². The lowest BCUT2D eigenvalue weighted by atomic mass is 10.0. The van der Waals surface area contributed by atoms with Gasteiger partial charge in [0.05, 0.1) is 18.6 Å². The van der Waals surface area contributed by atoms with E-state index in [2.05, 4.69) is 0 Å². The Hall–Kier alpha value is -3.16. The number of fused-ring (bicyclic) bond motifs is 2. The van der Waals surface area contributed by atoms with Crippen molar-refractivity contribution in [1.29, 1.82) is 0 Å². The third-order valence-corrected chi connectivity index (χ3v) is 6.43. The summed E-state index contributed by atoms with van der Waals surface area (Å²) in [6.45, 7) is 0.177. The van der Waals surface area contributed by atoms with Crippen LogP contribution in [0.15, 0.2) is 53.4 Å². The molecule has 2 heterocycles. The van der Waals surface area contributed by atoms with Gasteiger partial charge < -0.3 is 14.2 Å². The summed E-state index contributed by atoms with van der Waals surface area (Å²) in [4.78, 5) is 27.2. The summed E-state index contributed by atoms with van der Waals surface area (Å²) in [6, 6.07) is 14.8. The maximum Gasteiger partial charge on any atom is 0.293 e. The van der Waals surface area contributed by atoms with Crippen molar-refractivity contribution < 1.29 is 23.8 Å². The van der Waals surface area contributed by atoms with Gasteiger partial charge in [0, 0.05) is 16.5 Å². The Balaban J connectivity index is 1.46. The van der Waals surface area contributed by atoms with Gasteiger partial charge in [0.25, 0.3) is 11.1 Å². The predicted octanol–water partition coefficient (Wildman–Crippen LogP) is 5.47. The van der Waals surface area contributed by atoms with Crippen molar-refractivity contribution >= 4 is 51.4 Å². The van der Waals surface area contributed by atoms with Crippen LogP contribution in [0.1, 0.15) is 11.1 Å². The summed E-state index contributed by atoms with van der Waals surface area (Å²) in [7, 11) is 1.62. The van der Waals surface area contributed by atoms with Crippen molar-refractivity contribution in [1.82, 2.24) is 4.90 Å². The van der Waals surface area contributed by atoms with Crippen LogP contribution in [0.25, 0.3) is 16.8 Å². The number of imide groups is 1. The first-order valence-electron chi connectivity index (χ1n) is 9.44. The molecular weight excluding hydrogens is 438 g/mol. The molecule has 3 aromatic rings. The third-order valence-electron chi connectivity index (χ3n) is 5.17. The van der Waals surface area contributed by atoms with E-state index < -0.39 is 0 Å². The molecule has 8 heteroatoms. The maximum atomic E-state index is 13.0. The Morgan fingerprint density at radius 3 is 2.61 bits per heavy atom. The third kappa shape index (κ3) is 3.49. The summed E-state index contributed by atoms with van der Waals surface area (Å²) in [5.41, 5.74) is 1.45. The van der Waals surface area contributed by atoms with Crippen LogP contribution in [-0.2, 0) is 11.3 Å². The van der Waals surface area contributed by atoms with E-state index in [-0.39, 0.29) is 24.5 Å². The molecule has 6 nitrogen and oxygen atoms in total. The van der Waals surface area contributed by atoms with Gasteiger partial charge in [0.1, 0.15) is 5.75 Å². The molecule has 5 rings (SSSR count). The van der Waals surface area contributed by atoms with E-state index in [1.165, 1.54) is 4.90 Å². The molecule has 0 unspecified atom stereocenters. The van der Waals surface area contributed by atoms with Crippen LogP contribution in [0.2, 0.25) is 5.02 Å². The number of hydrogen-bond acceptors (Lipinski definition) is 6. The van der Waals surface area contributed by atoms with Crippen molar-refractivity contribution in [3.05, 3.63) is 69.6 Å². The van der Waals surface area contributed by atoms with Gasteiger partial charge in [0.15, 0.2) is 11.5 Å². The fourth-order valence-corrected chi connectivity index (χ4v) is 4.67. The lowest BCUT2D eigenvalue weighted by Crippen LogP contribution is -2.27. The monoisotopic (exact) mass is 453 g/mol. The van der Waals surface area contributed by atoms with Crippen molar-refractivity contribution in [2.75, 3.05) is 13.9 Å². The fourth-order valence-electron chi connectivity index (χ4n) is 3.63. The van der Waals surface area contributed by atoms with Crippen LogP contribution in [0.3, 0.4) is 0 Å². The van der Waals surface area contributed by atoms with Gasteiger partial charge in [-0.2, -0.15) is 0 Å². The van der Waals surface area contributed by atoms with Gasteiger partial charge in [-0.1, -0.05) is 41.9 Å². The minimum Gasteiger partial charge on any atom is -0.496 e. The number of nitrogens with zero attached hydrogens (tertiary/aromatic N) is 1. The average Bonchev–Trinajstić information content (AvgIpc) is 3.33. The first kappa shape index (κ1) is 19.8.